The second-order valence-corrected chi connectivity index (χ2v) is 5.04. The third-order valence-electron chi connectivity index (χ3n) is 3.51. The van der Waals surface area contributed by atoms with E-state index in [4.69, 9.17) is 0 Å². The number of benzene rings is 1. The summed E-state index contributed by atoms with van der Waals surface area (Å²) in [5, 5.41) is 5.86. The second kappa shape index (κ2) is 5.83. The van der Waals surface area contributed by atoms with Gasteiger partial charge in [0.25, 0.3) is 0 Å². The molecular formula is C14H17F3N2O. The number of amides is 1. The quantitative estimate of drug-likeness (QED) is 0.877. The average molecular weight is 286 g/mol. The molecule has 20 heavy (non-hydrogen) atoms. The van der Waals surface area contributed by atoms with E-state index >= 15 is 0 Å². The molecule has 1 saturated heterocycles. The molecule has 0 unspecified atom stereocenters. The van der Waals surface area contributed by atoms with E-state index < -0.39 is 11.7 Å². The van der Waals surface area contributed by atoms with E-state index in [1.165, 1.54) is 19.1 Å². The molecule has 1 heterocycles. The fourth-order valence-corrected chi connectivity index (χ4v) is 2.39. The van der Waals surface area contributed by atoms with Crippen molar-refractivity contribution >= 4 is 11.6 Å². The number of aryl methyl sites for hydroxylation is 1. The highest BCUT2D eigenvalue weighted by atomic mass is 19.4. The Balaban J connectivity index is 2.06. The monoisotopic (exact) mass is 286 g/mol. The highest BCUT2D eigenvalue weighted by molar-refractivity contribution is 5.92. The lowest BCUT2D eigenvalue weighted by atomic mass is 9.97. The van der Waals surface area contributed by atoms with Crippen molar-refractivity contribution in [3.63, 3.8) is 0 Å². The zero-order valence-corrected chi connectivity index (χ0v) is 11.2. The van der Waals surface area contributed by atoms with Gasteiger partial charge in [-0.15, -0.1) is 0 Å². The van der Waals surface area contributed by atoms with Crippen LogP contribution in [-0.2, 0) is 11.0 Å². The summed E-state index contributed by atoms with van der Waals surface area (Å²) in [6, 6.07) is 3.67. The van der Waals surface area contributed by atoms with Crippen molar-refractivity contribution in [2.24, 2.45) is 5.92 Å². The van der Waals surface area contributed by atoms with Gasteiger partial charge in [-0.3, -0.25) is 4.79 Å². The van der Waals surface area contributed by atoms with Gasteiger partial charge in [0.2, 0.25) is 5.91 Å². The smallest absolute Gasteiger partial charge is 0.326 e. The molecule has 6 heteroatoms. The highest BCUT2D eigenvalue weighted by Crippen LogP contribution is 2.33. The van der Waals surface area contributed by atoms with Gasteiger partial charge in [0.15, 0.2) is 0 Å². The number of hydrogen-bond donors (Lipinski definition) is 2. The van der Waals surface area contributed by atoms with Crippen LogP contribution in [0.3, 0.4) is 0 Å². The van der Waals surface area contributed by atoms with E-state index in [0.29, 0.717) is 5.69 Å². The summed E-state index contributed by atoms with van der Waals surface area (Å²) in [4.78, 5) is 12.0. The van der Waals surface area contributed by atoms with Crippen molar-refractivity contribution in [1.29, 1.82) is 0 Å². The normalized spacial score (nSPS) is 17.0. The minimum atomic E-state index is -4.36. The van der Waals surface area contributed by atoms with Crippen molar-refractivity contribution in [2.45, 2.75) is 25.9 Å². The molecule has 1 aliphatic rings. The Morgan fingerprint density at radius 3 is 2.50 bits per heavy atom. The minimum Gasteiger partial charge on any atom is -0.326 e. The number of anilines is 1. The van der Waals surface area contributed by atoms with Gasteiger partial charge < -0.3 is 10.6 Å². The predicted molar refractivity (Wildman–Crippen MR) is 70.4 cm³/mol. The molecule has 0 aliphatic carbocycles. The Kier molecular flexibility index (Phi) is 4.32. The van der Waals surface area contributed by atoms with Crippen molar-refractivity contribution in [3.8, 4) is 0 Å². The molecule has 1 aliphatic heterocycles. The lowest BCUT2D eigenvalue weighted by molar-refractivity contribution is -0.138. The van der Waals surface area contributed by atoms with E-state index in [-0.39, 0.29) is 17.4 Å². The molecule has 3 nitrogen and oxygen atoms in total. The van der Waals surface area contributed by atoms with E-state index in [1.54, 1.807) is 0 Å². The van der Waals surface area contributed by atoms with Crippen LogP contribution < -0.4 is 10.6 Å². The van der Waals surface area contributed by atoms with E-state index in [2.05, 4.69) is 10.6 Å². The maximum absolute atomic E-state index is 12.6. The largest absolute Gasteiger partial charge is 0.416 e. The maximum Gasteiger partial charge on any atom is 0.416 e. The highest BCUT2D eigenvalue weighted by Gasteiger charge is 2.32. The molecular weight excluding hydrogens is 269 g/mol. The van der Waals surface area contributed by atoms with Gasteiger partial charge in [0, 0.05) is 11.6 Å². The zero-order valence-electron chi connectivity index (χ0n) is 11.2. The Hall–Kier alpha value is -1.56. The topological polar surface area (TPSA) is 41.1 Å². The number of halogens is 3. The summed E-state index contributed by atoms with van der Waals surface area (Å²) >= 11 is 0. The third kappa shape index (κ3) is 3.50. The van der Waals surface area contributed by atoms with Crippen LogP contribution in [0.4, 0.5) is 18.9 Å². The predicted octanol–water partition coefficient (Wildman–Crippen LogP) is 2.95. The summed E-state index contributed by atoms with van der Waals surface area (Å²) in [5.41, 5.74) is -0.142. The van der Waals surface area contributed by atoms with Crippen LogP contribution in [0.1, 0.15) is 24.0 Å². The molecule has 0 radical (unpaired) electrons. The van der Waals surface area contributed by atoms with Gasteiger partial charge in [-0.2, -0.15) is 13.2 Å². The Morgan fingerprint density at radius 2 is 1.95 bits per heavy atom. The van der Waals surface area contributed by atoms with Crippen LogP contribution in [-0.4, -0.2) is 19.0 Å². The Morgan fingerprint density at radius 1 is 1.30 bits per heavy atom. The summed E-state index contributed by atoms with van der Waals surface area (Å²) in [7, 11) is 0. The van der Waals surface area contributed by atoms with Gasteiger partial charge in [-0.25, -0.2) is 0 Å². The molecule has 0 bridgehead atoms. The standard InChI is InChI=1S/C14H17F3N2O/c1-9-8-11(2-3-12(9)14(15,16)17)19-13(20)10-4-6-18-7-5-10/h2-3,8,10,18H,4-7H2,1H3,(H,19,20). The van der Waals surface area contributed by atoms with Crippen LogP contribution >= 0.6 is 0 Å². The van der Waals surface area contributed by atoms with Crippen molar-refractivity contribution in [3.05, 3.63) is 29.3 Å². The third-order valence-corrected chi connectivity index (χ3v) is 3.51. The molecule has 1 aromatic carbocycles. The summed E-state index contributed by atoms with van der Waals surface area (Å²) in [6.07, 6.45) is -2.85. The number of rotatable bonds is 2. The number of carbonyl (C=O) groups is 1. The minimum absolute atomic E-state index is 0.0705. The average Bonchev–Trinajstić information content (AvgIpc) is 2.38. The molecule has 1 aromatic rings. The van der Waals surface area contributed by atoms with Crippen LogP contribution in [0.2, 0.25) is 0 Å². The fraction of sp³-hybridized carbons (Fsp3) is 0.500. The van der Waals surface area contributed by atoms with Gasteiger partial charge >= 0.3 is 6.18 Å². The molecule has 0 spiro atoms. The first-order chi connectivity index (χ1) is 9.38. The number of alkyl halides is 3. The second-order valence-electron chi connectivity index (χ2n) is 5.04. The molecule has 2 N–H and O–H groups in total. The lowest BCUT2D eigenvalue weighted by Gasteiger charge is -2.22. The molecule has 0 aromatic heterocycles. The van der Waals surface area contributed by atoms with Crippen molar-refractivity contribution in [2.75, 3.05) is 18.4 Å². The molecule has 1 amide bonds. The summed E-state index contributed by atoms with van der Waals surface area (Å²) in [6.45, 7) is 2.98. The molecule has 2 rings (SSSR count). The molecule has 110 valence electrons. The molecule has 1 fully saturated rings. The van der Waals surface area contributed by atoms with Gasteiger partial charge in [-0.05, 0) is 56.6 Å². The summed E-state index contributed by atoms with van der Waals surface area (Å²) in [5.74, 6) is -0.190. The van der Waals surface area contributed by atoms with Gasteiger partial charge in [-0.1, -0.05) is 0 Å². The van der Waals surface area contributed by atoms with E-state index in [0.717, 1.165) is 32.0 Å². The van der Waals surface area contributed by atoms with Crippen LogP contribution in [0, 0.1) is 12.8 Å². The van der Waals surface area contributed by atoms with Crippen LogP contribution in [0.15, 0.2) is 18.2 Å². The number of piperidine rings is 1. The van der Waals surface area contributed by atoms with Gasteiger partial charge in [0.05, 0.1) is 5.56 Å². The lowest BCUT2D eigenvalue weighted by Crippen LogP contribution is -2.34. The van der Waals surface area contributed by atoms with E-state index in [9.17, 15) is 18.0 Å². The molecule has 0 atom stereocenters. The number of hydrogen-bond acceptors (Lipinski definition) is 2. The van der Waals surface area contributed by atoms with Crippen molar-refractivity contribution in [1.82, 2.24) is 5.32 Å². The number of nitrogens with one attached hydrogen (secondary N) is 2. The van der Waals surface area contributed by atoms with Crippen molar-refractivity contribution < 1.29 is 18.0 Å². The fourth-order valence-electron chi connectivity index (χ4n) is 2.39. The van der Waals surface area contributed by atoms with E-state index in [1.807, 2.05) is 0 Å². The number of carbonyl (C=O) groups excluding carboxylic acids is 1. The summed E-state index contributed by atoms with van der Waals surface area (Å²) < 4.78 is 37.9. The maximum atomic E-state index is 12.6. The Bertz CT molecular complexity index is 494. The Labute approximate surface area is 115 Å². The first kappa shape index (κ1) is 14.8. The first-order valence-electron chi connectivity index (χ1n) is 6.57. The SMILES string of the molecule is Cc1cc(NC(=O)C2CCNCC2)ccc1C(F)(F)F. The zero-order chi connectivity index (χ0) is 14.8. The van der Waals surface area contributed by atoms with Gasteiger partial charge in [0.1, 0.15) is 0 Å². The van der Waals surface area contributed by atoms with Crippen LogP contribution in [0.25, 0.3) is 0 Å². The molecule has 0 saturated carbocycles. The van der Waals surface area contributed by atoms with Crippen LogP contribution in [0.5, 0.6) is 0 Å². The first-order valence-corrected chi connectivity index (χ1v) is 6.57.